The minimum atomic E-state index is -0.0628. The highest BCUT2D eigenvalue weighted by Gasteiger charge is 2.18. The van der Waals surface area contributed by atoms with Crippen molar-refractivity contribution in [2.24, 2.45) is 0 Å². The topological polar surface area (TPSA) is 58.4 Å². The van der Waals surface area contributed by atoms with Gasteiger partial charge in [-0.3, -0.25) is 4.79 Å². The standard InChI is InChI=1S/C23H23N3O2S2/c1-26(2)19(21-12-7-13-29-21)14-24-22(27)17-9-4-3-8-16(17)15-30-23-25-18-10-5-6-11-20(18)28-23/h3-13,19H,14-15H2,1-2H3,(H,24,27). The van der Waals surface area contributed by atoms with Crippen LogP contribution in [-0.2, 0) is 5.75 Å². The van der Waals surface area contributed by atoms with E-state index in [9.17, 15) is 4.79 Å². The zero-order valence-corrected chi connectivity index (χ0v) is 18.5. The maximum absolute atomic E-state index is 12.9. The molecule has 2 aromatic carbocycles. The number of rotatable bonds is 8. The molecule has 1 unspecified atom stereocenters. The number of carbonyl (C=O) groups is 1. The Morgan fingerprint density at radius 2 is 1.93 bits per heavy atom. The van der Waals surface area contributed by atoms with E-state index in [1.165, 1.54) is 16.6 Å². The largest absolute Gasteiger partial charge is 0.431 e. The van der Waals surface area contributed by atoms with Crippen molar-refractivity contribution >= 4 is 40.1 Å². The Morgan fingerprint density at radius 3 is 2.70 bits per heavy atom. The van der Waals surface area contributed by atoms with E-state index in [1.54, 1.807) is 11.3 Å². The molecule has 2 aromatic heterocycles. The lowest BCUT2D eigenvalue weighted by atomic mass is 10.1. The third-order valence-electron chi connectivity index (χ3n) is 4.84. The van der Waals surface area contributed by atoms with Crippen molar-refractivity contribution in [3.8, 4) is 0 Å². The molecule has 5 nitrogen and oxygen atoms in total. The molecule has 7 heteroatoms. The Morgan fingerprint density at radius 1 is 1.13 bits per heavy atom. The maximum atomic E-state index is 12.9. The average Bonchev–Trinajstić information content (AvgIpc) is 3.42. The van der Waals surface area contributed by atoms with Crippen molar-refractivity contribution in [3.05, 3.63) is 82.0 Å². The maximum Gasteiger partial charge on any atom is 0.257 e. The van der Waals surface area contributed by atoms with Crippen LogP contribution in [0.2, 0.25) is 0 Å². The minimum absolute atomic E-state index is 0.0628. The second kappa shape index (κ2) is 9.47. The summed E-state index contributed by atoms with van der Waals surface area (Å²) in [6.45, 7) is 0.555. The second-order valence-corrected chi connectivity index (χ2v) is 9.00. The number of thiophene rings is 1. The van der Waals surface area contributed by atoms with E-state index in [1.807, 2.05) is 68.7 Å². The normalized spacial score (nSPS) is 12.4. The van der Waals surface area contributed by atoms with Crippen molar-refractivity contribution in [1.29, 1.82) is 0 Å². The van der Waals surface area contributed by atoms with Gasteiger partial charge in [0, 0.05) is 22.7 Å². The van der Waals surface area contributed by atoms with Gasteiger partial charge in [-0.05, 0) is 49.3 Å². The number of para-hydroxylation sites is 2. The summed E-state index contributed by atoms with van der Waals surface area (Å²) in [5.41, 5.74) is 3.26. The highest BCUT2D eigenvalue weighted by atomic mass is 32.2. The molecule has 2 heterocycles. The van der Waals surface area contributed by atoms with E-state index < -0.39 is 0 Å². The van der Waals surface area contributed by atoms with Gasteiger partial charge in [0.2, 0.25) is 0 Å². The van der Waals surface area contributed by atoms with E-state index in [4.69, 9.17) is 4.42 Å². The van der Waals surface area contributed by atoms with E-state index >= 15 is 0 Å². The van der Waals surface area contributed by atoms with E-state index in [-0.39, 0.29) is 11.9 Å². The van der Waals surface area contributed by atoms with Gasteiger partial charge in [-0.25, -0.2) is 4.98 Å². The molecule has 0 spiro atoms. The lowest BCUT2D eigenvalue weighted by molar-refractivity contribution is 0.0941. The predicted octanol–water partition coefficient (Wildman–Crippen LogP) is 5.21. The van der Waals surface area contributed by atoms with Gasteiger partial charge < -0.3 is 14.6 Å². The van der Waals surface area contributed by atoms with Gasteiger partial charge in [0.1, 0.15) is 5.52 Å². The monoisotopic (exact) mass is 437 g/mol. The molecule has 1 N–H and O–H groups in total. The second-order valence-electron chi connectivity index (χ2n) is 7.10. The van der Waals surface area contributed by atoms with Gasteiger partial charge in [0.15, 0.2) is 5.58 Å². The molecule has 0 aliphatic carbocycles. The number of amides is 1. The molecule has 1 atom stereocenters. The third kappa shape index (κ3) is 4.75. The highest BCUT2D eigenvalue weighted by Crippen LogP contribution is 2.27. The van der Waals surface area contributed by atoms with Crippen molar-refractivity contribution in [1.82, 2.24) is 15.2 Å². The van der Waals surface area contributed by atoms with Crippen LogP contribution in [0.25, 0.3) is 11.1 Å². The first-order valence-corrected chi connectivity index (χ1v) is 11.5. The molecule has 0 bridgehead atoms. The van der Waals surface area contributed by atoms with Crippen molar-refractivity contribution < 1.29 is 9.21 Å². The number of carbonyl (C=O) groups excluding carboxylic acids is 1. The summed E-state index contributed by atoms with van der Waals surface area (Å²) in [6.07, 6.45) is 0. The number of likely N-dealkylation sites (N-methyl/N-ethyl adjacent to an activating group) is 1. The number of nitrogens with one attached hydrogen (secondary N) is 1. The molecule has 4 rings (SSSR count). The first-order chi connectivity index (χ1) is 14.6. The number of benzene rings is 2. The fourth-order valence-electron chi connectivity index (χ4n) is 3.22. The molecular weight excluding hydrogens is 414 g/mol. The highest BCUT2D eigenvalue weighted by molar-refractivity contribution is 7.98. The summed E-state index contributed by atoms with van der Waals surface area (Å²) in [7, 11) is 4.06. The van der Waals surface area contributed by atoms with Gasteiger partial charge in [0.05, 0.1) is 6.04 Å². The smallest absolute Gasteiger partial charge is 0.257 e. The minimum Gasteiger partial charge on any atom is -0.431 e. The van der Waals surface area contributed by atoms with Crippen LogP contribution in [0.1, 0.15) is 26.8 Å². The summed E-state index contributed by atoms with van der Waals surface area (Å²) in [6, 6.07) is 19.7. The van der Waals surface area contributed by atoms with Gasteiger partial charge in [-0.1, -0.05) is 48.2 Å². The fraction of sp³-hybridized carbons (Fsp3) is 0.217. The zero-order valence-electron chi connectivity index (χ0n) is 16.9. The molecule has 30 heavy (non-hydrogen) atoms. The molecule has 0 aliphatic heterocycles. The summed E-state index contributed by atoms with van der Waals surface area (Å²) in [5, 5.41) is 5.78. The van der Waals surface area contributed by atoms with Gasteiger partial charge in [-0.2, -0.15) is 0 Å². The van der Waals surface area contributed by atoms with E-state index in [2.05, 4.69) is 26.6 Å². The van der Waals surface area contributed by atoms with Crippen LogP contribution in [0.15, 0.2) is 75.7 Å². The van der Waals surface area contributed by atoms with Crippen LogP contribution in [0.3, 0.4) is 0 Å². The summed E-state index contributed by atoms with van der Waals surface area (Å²) in [5.74, 6) is 0.547. The Labute approximate surface area is 184 Å². The van der Waals surface area contributed by atoms with Crippen LogP contribution in [0, 0.1) is 0 Å². The number of hydrogen-bond acceptors (Lipinski definition) is 6. The molecule has 0 radical (unpaired) electrons. The Kier molecular flexibility index (Phi) is 6.52. The van der Waals surface area contributed by atoms with E-state index in [0.717, 1.165) is 16.7 Å². The number of fused-ring (bicyclic) bond motifs is 1. The van der Waals surface area contributed by atoms with Gasteiger partial charge in [-0.15, -0.1) is 11.3 Å². The summed E-state index contributed by atoms with van der Waals surface area (Å²) < 4.78 is 5.78. The predicted molar refractivity (Wildman–Crippen MR) is 123 cm³/mol. The molecule has 4 aromatic rings. The lowest BCUT2D eigenvalue weighted by Crippen LogP contribution is -2.34. The molecule has 154 valence electrons. The summed E-state index contributed by atoms with van der Waals surface area (Å²) >= 11 is 3.20. The molecular formula is C23H23N3O2S2. The number of thioether (sulfide) groups is 1. The Bertz CT molecular complexity index is 1090. The number of nitrogens with zero attached hydrogens (tertiary/aromatic N) is 2. The first-order valence-electron chi connectivity index (χ1n) is 9.66. The van der Waals surface area contributed by atoms with Crippen LogP contribution >= 0.6 is 23.1 Å². The van der Waals surface area contributed by atoms with Gasteiger partial charge >= 0.3 is 0 Å². The SMILES string of the molecule is CN(C)C(CNC(=O)c1ccccc1CSc1nc2ccccc2o1)c1cccs1. The van der Waals surface area contributed by atoms with Crippen LogP contribution in [0.5, 0.6) is 0 Å². The molecule has 0 saturated heterocycles. The van der Waals surface area contributed by atoms with Gasteiger partial charge in [0.25, 0.3) is 11.1 Å². The van der Waals surface area contributed by atoms with Crippen molar-refractivity contribution in [2.75, 3.05) is 20.6 Å². The Hall–Kier alpha value is -2.61. The Balaban J connectivity index is 1.43. The van der Waals surface area contributed by atoms with Crippen LogP contribution in [0.4, 0.5) is 0 Å². The van der Waals surface area contributed by atoms with E-state index in [0.29, 0.717) is 23.1 Å². The average molecular weight is 438 g/mol. The quantitative estimate of drug-likeness (QED) is 0.383. The fourth-order valence-corrected chi connectivity index (χ4v) is 4.99. The lowest BCUT2D eigenvalue weighted by Gasteiger charge is -2.23. The first kappa shape index (κ1) is 20.7. The third-order valence-corrected chi connectivity index (χ3v) is 6.69. The molecule has 0 fully saturated rings. The molecule has 1 amide bonds. The summed E-state index contributed by atoms with van der Waals surface area (Å²) in [4.78, 5) is 20.8. The molecule has 0 saturated carbocycles. The van der Waals surface area contributed by atoms with Crippen molar-refractivity contribution in [3.63, 3.8) is 0 Å². The number of aromatic nitrogens is 1. The molecule has 0 aliphatic rings. The number of hydrogen-bond donors (Lipinski definition) is 1. The zero-order chi connectivity index (χ0) is 20.9. The van der Waals surface area contributed by atoms with Crippen LogP contribution < -0.4 is 5.32 Å². The van der Waals surface area contributed by atoms with Crippen LogP contribution in [-0.4, -0.2) is 36.4 Å². The number of oxazole rings is 1. The van der Waals surface area contributed by atoms with Crippen molar-refractivity contribution in [2.45, 2.75) is 17.0 Å².